The number of anilines is 1. The average Bonchev–Trinajstić information content (AvgIpc) is 3.08. The fraction of sp³-hybridized carbons (Fsp3) is 0.579. The minimum atomic E-state index is -0.412. The average molecular weight is 346 g/mol. The highest BCUT2D eigenvalue weighted by molar-refractivity contribution is 5.93. The third-order valence-corrected chi connectivity index (χ3v) is 5.08. The van der Waals surface area contributed by atoms with Gasteiger partial charge in [0.05, 0.1) is 6.04 Å². The standard InChI is InChI=1S/C19H30N4O2/c1-4-21(5-2)12-13-23(15(3)24)18-10-11-22(14-18)17-8-6-16(7-9-17)19(20)25/h6-9,18H,4-5,10-14H2,1-3H3,(H2,20,25). The van der Waals surface area contributed by atoms with E-state index in [0.717, 1.165) is 51.4 Å². The number of hydrogen-bond acceptors (Lipinski definition) is 4. The number of hydrogen-bond donors (Lipinski definition) is 1. The molecule has 6 nitrogen and oxygen atoms in total. The Kier molecular flexibility index (Phi) is 6.82. The predicted octanol–water partition coefficient (Wildman–Crippen LogP) is 1.55. The molecule has 1 saturated heterocycles. The van der Waals surface area contributed by atoms with Gasteiger partial charge in [-0.1, -0.05) is 13.8 Å². The van der Waals surface area contributed by atoms with E-state index >= 15 is 0 Å². The first-order valence-electron chi connectivity index (χ1n) is 9.10. The quantitative estimate of drug-likeness (QED) is 0.775. The van der Waals surface area contributed by atoms with Crippen LogP contribution < -0.4 is 10.6 Å². The van der Waals surface area contributed by atoms with Crippen LogP contribution in [0.3, 0.4) is 0 Å². The van der Waals surface area contributed by atoms with Crippen LogP contribution in [-0.4, -0.2) is 66.9 Å². The lowest BCUT2D eigenvalue weighted by molar-refractivity contribution is -0.131. The molecule has 0 spiro atoms. The summed E-state index contributed by atoms with van der Waals surface area (Å²) >= 11 is 0. The maximum atomic E-state index is 12.1. The third-order valence-electron chi connectivity index (χ3n) is 5.08. The molecule has 1 aliphatic heterocycles. The number of benzene rings is 1. The van der Waals surface area contributed by atoms with Gasteiger partial charge in [-0.3, -0.25) is 9.59 Å². The van der Waals surface area contributed by atoms with Crippen LogP contribution >= 0.6 is 0 Å². The Hall–Kier alpha value is -2.08. The molecule has 1 aromatic rings. The molecule has 138 valence electrons. The van der Waals surface area contributed by atoms with Gasteiger partial charge in [-0.25, -0.2) is 0 Å². The van der Waals surface area contributed by atoms with Crippen molar-refractivity contribution in [3.05, 3.63) is 29.8 Å². The Morgan fingerprint density at radius 1 is 1.16 bits per heavy atom. The molecule has 1 heterocycles. The molecule has 0 aliphatic carbocycles. The zero-order chi connectivity index (χ0) is 18.4. The molecule has 2 amide bonds. The van der Waals surface area contributed by atoms with E-state index < -0.39 is 5.91 Å². The Morgan fingerprint density at radius 2 is 1.80 bits per heavy atom. The molecule has 6 heteroatoms. The van der Waals surface area contributed by atoms with Gasteiger partial charge in [0.25, 0.3) is 0 Å². The van der Waals surface area contributed by atoms with Gasteiger partial charge in [0, 0.05) is 44.4 Å². The first kappa shape index (κ1) is 19.2. The van der Waals surface area contributed by atoms with Crippen molar-refractivity contribution in [3.63, 3.8) is 0 Å². The zero-order valence-corrected chi connectivity index (χ0v) is 15.6. The van der Waals surface area contributed by atoms with Crippen molar-refractivity contribution in [1.29, 1.82) is 0 Å². The summed E-state index contributed by atoms with van der Waals surface area (Å²) < 4.78 is 0. The van der Waals surface area contributed by atoms with Crippen LogP contribution in [-0.2, 0) is 4.79 Å². The molecular formula is C19H30N4O2. The summed E-state index contributed by atoms with van der Waals surface area (Å²) in [7, 11) is 0. The van der Waals surface area contributed by atoms with E-state index in [0.29, 0.717) is 5.56 Å². The van der Waals surface area contributed by atoms with Crippen molar-refractivity contribution in [2.45, 2.75) is 33.2 Å². The molecule has 0 bridgehead atoms. The Bertz CT molecular complexity index is 584. The van der Waals surface area contributed by atoms with Crippen LogP contribution in [0.25, 0.3) is 0 Å². The zero-order valence-electron chi connectivity index (χ0n) is 15.6. The molecule has 1 atom stereocenters. The number of primary amides is 1. The second kappa shape index (κ2) is 8.85. The van der Waals surface area contributed by atoms with Gasteiger partial charge in [-0.05, 0) is 43.8 Å². The summed E-state index contributed by atoms with van der Waals surface area (Å²) in [6.45, 7) is 11.4. The van der Waals surface area contributed by atoms with E-state index in [1.165, 1.54) is 0 Å². The summed E-state index contributed by atoms with van der Waals surface area (Å²) in [5.41, 5.74) is 6.88. The molecule has 0 saturated carbocycles. The van der Waals surface area contributed by atoms with Gasteiger partial charge in [-0.2, -0.15) is 0 Å². The smallest absolute Gasteiger partial charge is 0.248 e. The van der Waals surface area contributed by atoms with Gasteiger partial charge in [0.15, 0.2) is 0 Å². The maximum Gasteiger partial charge on any atom is 0.248 e. The van der Waals surface area contributed by atoms with E-state index in [9.17, 15) is 9.59 Å². The van der Waals surface area contributed by atoms with Crippen molar-refractivity contribution in [1.82, 2.24) is 9.80 Å². The Morgan fingerprint density at radius 3 is 2.32 bits per heavy atom. The minimum absolute atomic E-state index is 0.142. The van der Waals surface area contributed by atoms with Gasteiger partial charge < -0.3 is 20.4 Å². The summed E-state index contributed by atoms with van der Waals surface area (Å²) in [5.74, 6) is -0.270. The van der Waals surface area contributed by atoms with E-state index in [2.05, 4.69) is 23.6 Å². The molecule has 1 fully saturated rings. The normalized spacial score (nSPS) is 17.1. The topological polar surface area (TPSA) is 69.9 Å². The molecule has 2 rings (SSSR count). The largest absolute Gasteiger partial charge is 0.369 e. The van der Waals surface area contributed by atoms with E-state index in [4.69, 9.17) is 5.73 Å². The molecular weight excluding hydrogens is 316 g/mol. The molecule has 0 radical (unpaired) electrons. The van der Waals surface area contributed by atoms with Crippen LogP contribution in [0.15, 0.2) is 24.3 Å². The number of amides is 2. The highest BCUT2D eigenvalue weighted by Crippen LogP contribution is 2.23. The summed E-state index contributed by atoms with van der Waals surface area (Å²) in [6.07, 6.45) is 0.968. The number of rotatable bonds is 8. The lowest BCUT2D eigenvalue weighted by Crippen LogP contribution is -2.45. The molecule has 1 unspecified atom stereocenters. The van der Waals surface area contributed by atoms with E-state index in [1.54, 1.807) is 19.1 Å². The van der Waals surface area contributed by atoms with Crippen molar-refractivity contribution in [2.24, 2.45) is 5.73 Å². The maximum absolute atomic E-state index is 12.1. The van der Waals surface area contributed by atoms with Crippen LogP contribution in [0.2, 0.25) is 0 Å². The highest BCUT2D eigenvalue weighted by atomic mass is 16.2. The van der Waals surface area contributed by atoms with E-state index in [-0.39, 0.29) is 11.9 Å². The van der Waals surface area contributed by atoms with Crippen LogP contribution in [0.1, 0.15) is 37.6 Å². The van der Waals surface area contributed by atoms with Crippen molar-refractivity contribution < 1.29 is 9.59 Å². The first-order chi connectivity index (χ1) is 12.0. The van der Waals surface area contributed by atoms with Gasteiger partial charge >= 0.3 is 0 Å². The summed E-state index contributed by atoms with van der Waals surface area (Å²) in [4.78, 5) is 29.9. The highest BCUT2D eigenvalue weighted by Gasteiger charge is 2.29. The summed E-state index contributed by atoms with van der Waals surface area (Å²) in [6, 6.07) is 7.61. The molecule has 0 aromatic heterocycles. The monoisotopic (exact) mass is 346 g/mol. The van der Waals surface area contributed by atoms with Gasteiger partial charge in [0.1, 0.15) is 0 Å². The molecule has 1 aliphatic rings. The second-order valence-corrected chi connectivity index (χ2v) is 6.54. The van der Waals surface area contributed by atoms with Crippen LogP contribution in [0.4, 0.5) is 5.69 Å². The van der Waals surface area contributed by atoms with Gasteiger partial charge in [0.2, 0.25) is 11.8 Å². The lowest BCUT2D eigenvalue weighted by Gasteiger charge is -2.30. The SMILES string of the molecule is CCN(CC)CCN(C(C)=O)C1CCN(c2ccc(C(N)=O)cc2)C1. The fourth-order valence-electron chi connectivity index (χ4n) is 3.45. The van der Waals surface area contributed by atoms with Gasteiger partial charge in [-0.15, -0.1) is 0 Å². The van der Waals surface area contributed by atoms with E-state index in [1.807, 2.05) is 17.0 Å². The molecule has 2 N–H and O–H groups in total. The van der Waals surface area contributed by atoms with Crippen molar-refractivity contribution in [2.75, 3.05) is 44.2 Å². The van der Waals surface area contributed by atoms with Crippen LogP contribution in [0.5, 0.6) is 0 Å². The van der Waals surface area contributed by atoms with Crippen LogP contribution in [0, 0.1) is 0 Å². The molecule has 25 heavy (non-hydrogen) atoms. The predicted molar refractivity (Wildman–Crippen MR) is 101 cm³/mol. The lowest BCUT2D eigenvalue weighted by atomic mass is 10.2. The number of nitrogens with two attached hydrogens (primary N) is 1. The summed E-state index contributed by atoms with van der Waals surface area (Å²) in [5, 5.41) is 0. The number of carbonyl (C=O) groups is 2. The Balaban J connectivity index is 1.98. The third kappa shape index (κ3) is 4.95. The van der Waals surface area contributed by atoms with Crippen molar-refractivity contribution in [3.8, 4) is 0 Å². The number of carbonyl (C=O) groups excluding carboxylic acids is 2. The fourth-order valence-corrected chi connectivity index (χ4v) is 3.45. The van der Waals surface area contributed by atoms with Crippen molar-refractivity contribution >= 4 is 17.5 Å². The number of nitrogens with zero attached hydrogens (tertiary/aromatic N) is 3. The minimum Gasteiger partial charge on any atom is -0.369 e. The number of likely N-dealkylation sites (N-methyl/N-ethyl adjacent to an activating group) is 1. The second-order valence-electron chi connectivity index (χ2n) is 6.54. The first-order valence-corrected chi connectivity index (χ1v) is 9.10. The molecule has 1 aromatic carbocycles. The Labute approximate surface area is 150 Å².